The average molecular weight is 302 g/mol. The van der Waals surface area contributed by atoms with Crippen molar-refractivity contribution >= 4 is 5.91 Å². The van der Waals surface area contributed by atoms with Crippen molar-refractivity contribution in [3.05, 3.63) is 47.3 Å². The number of rotatable bonds is 5. The molecule has 0 saturated heterocycles. The second-order valence-electron chi connectivity index (χ2n) is 5.66. The molecule has 0 aliphatic rings. The van der Waals surface area contributed by atoms with Gasteiger partial charge in [0.25, 0.3) is 5.91 Å². The maximum atomic E-state index is 12.2. The standard InChI is InChI=1S/C16H22N4O2/c1-11-5-6-13(15(21)7-11)16(22)17-9-14(19(2)3)12-8-18-20(4)10-12/h5-8,10,14,21H,9H2,1-4H3,(H,17,22)/t14-/m0/s1. The van der Waals surface area contributed by atoms with Crippen molar-refractivity contribution in [1.29, 1.82) is 0 Å². The van der Waals surface area contributed by atoms with Crippen molar-refractivity contribution in [2.45, 2.75) is 13.0 Å². The summed E-state index contributed by atoms with van der Waals surface area (Å²) in [5.41, 5.74) is 2.23. The Morgan fingerprint density at radius 2 is 2.18 bits per heavy atom. The van der Waals surface area contributed by atoms with Crippen LogP contribution in [0.15, 0.2) is 30.6 Å². The van der Waals surface area contributed by atoms with E-state index in [0.29, 0.717) is 6.54 Å². The van der Waals surface area contributed by atoms with Crippen molar-refractivity contribution in [3.63, 3.8) is 0 Å². The minimum absolute atomic E-state index is 0.000260. The molecule has 0 aliphatic heterocycles. The lowest BCUT2D eigenvalue weighted by Gasteiger charge is -2.23. The first-order chi connectivity index (χ1) is 10.4. The van der Waals surface area contributed by atoms with Crippen LogP contribution in [0.4, 0.5) is 0 Å². The maximum absolute atomic E-state index is 12.2. The SMILES string of the molecule is Cc1ccc(C(=O)NC[C@@H](c2cnn(C)c2)N(C)C)c(O)c1. The summed E-state index contributed by atoms with van der Waals surface area (Å²) >= 11 is 0. The predicted octanol–water partition coefficient (Wildman–Crippen LogP) is 1.47. The molecular weight excluding hydrogens is 280 g/mol. The molecule has 0 saturated carbocycles. The number of carbonyl (C=O) groups excluding carboxylic acids is 1. The van der Waals surface area contributed by atoms with Gasteiger partial charge in [0.2, 0.25) is 0 Å². The van der Waals surface area contributed by atoms with Gasteiger partial charge in [-0.05, 0) is 38.7 Å². The molecule has 22 heavy (non-hydrogen) atoms. The van der Waals surface area contributed by atoms with Gasteiger partial charge in [-0.15, -0.1) is 0 Å². The first-order valence-electron chi connectivity index (χ1n) is 7.11. The van der Waals surface area contributed by atoms with Crippen LogP contribution in [0.2, 0.25) is 0 Å². The van der Waals surface area contributed by atoms with Crippen LogP contribution < -0.4 is 5.32 Å². The molecule has 1 heterocycles. The molecule has 1 aromatic carbocycles. The van der Waals surface area contributed by atoms with Crippen LogP contribution in [-0.2, 0) is 7.05 Å². The van der Waals surface area contributed by atoms with E-state index in [4.69, 9.17) is 0 Å². The molecule has 0 radical (unpaired) electrons. The van der Waals surface area contributed by atoms with Gasteiger partial charge in [0.15, 0.2) is 0 Å². The number of benzene rings is 1. The zero-order chi connectivity index (χ0) is 16.3. The minimum atomic E-state index is -0.284. The van der Waals surface area contributed by atoms with E-state index in [0.717, 1.165) is 11.1 Å². The van der Waals surface area contributed by atoms with Crippen LogP contribution in [-0.4, -0.2) is 46.3 Å². The number of aryl methyl sites for hydroxylation is 2. The molecule has 1 atom stereocenters. The highest BCUT2D eigenvalue weighted by Gasteiger charge is 2.18. The van der Waals surface area contributed by atoms with Crippen molar-refractivity contribution in [1.82, 2.24) is 20.0 Å². The van der Waals surface area contributed by atoms with E-state index in [-0.39, 0.29) is 23.3 Å². The summed E-state index contributed by atoms with van der Waals surface area (Å²) in [7, 11) is 5.76. The smallest absolute Gasteiger partial charge is 0.255 e. The fraction of sp³-hybridized carbons (Fsp3) is 0.375. The summed E-state index contributed by atoms with van der Waals surface area (Å²) in [5, 5.41) is 16.9. The quantitative estimate of drug-likeness (QED) is 0.877. The monoisotopic (exact) mass is 302 g/mol. The first kappa shape index (κ1) is 16.0. The molecular formula is C16H22N4O2. The highest BCUT2D eigenvalue weighted by Crippen LogP contribution is 2.20. The fourth-order valence-corrected chi connectivity index (χ4v) is 2.33. The number of carbonyl (C=O) groups is 1. The van der Waals surface area contributed by atoms with Gasteiger partial charge in [-0.1, -0.05) is 6.07 Å². The largest absolute Gasteiger partial charge is 0.507 e. The Balaban J connectivity index is 2.07. The fourth-order valence-electron chi connectivity index (χ4n) is 2.33. The van der Waals surface area contributed by atoms with Gasteiger partial charge in [-0.2, -0.15) is 5.10 Å². The Hall–Kier alpha value is -2.34. The Labute approximate surface area is 130 Å². The number of aromatic nitrogens is 2. The lowest BCUT2D eigenvalue weighted by Crippen LogP contribution is -2.34. The molecule has 0 aliphatic carbocycles. The molecule has 0 unspecified atom stereocenters. The molecule has 0 bridgehead atoms. The third-order valence-electron chi connectivity index (χ3n) is 3.59. The van der Waals surface area contributed by atoms with Crippen LogP contribution in [0.25, 0.3) is 0 Å². The van der Waals surface area contributed by atoms with Gasteiger partial charge >= 0.3 is 0 Å². The lowest BCUT2D eigenvalue weighted by atomic mass is 10.1. The molecule has 1 aromatic heterocycles. The number of amides is 1. The third-order valence-corrected chi connectivity index (χ3v) is 3.59. The van der Waals surface area contributed by atoms with E-state index in [1.165, 1.54) is 0 Å². The van der Waals surface area contributed by atoms with Gasteiger partial charge in [0, 0.05) is 25.4 Å². The minimum Gasteiger partial charge on any atom is -0.507 e. The van der Waals surface area contributed by atoms with Crippen LogP contribution in [0, 0.1) is 6.92 Å². The number of hydrogen-bond donors (Lipinski definition) is 2. The molecule has 6 heteroatoms. The van der Waals surface area contributed by atoms with Gasteiger partial charge in [-0.25, -0.2) is 0 Å². The zero-order valence-corrected chi connectivity index (χ0v) is 13.4. The molecule has 1 amide bonds. The van der Waals surface area contributed by atoms with E-state index in [1.54, 1.807) is 29.1 Å². The average Bonchev–Trinajstić information content (AvgIpc) is 2.84. The molecule has 2 rings (SSSR count). The van der Waals surface area contributed by atoms with Gasteiger partial charge in [0.05, 0.1) is 17.8 Å². The summed E-state index contributed by atoms with van der Waals surface area (Å²) in [6.07, 6.45) is 3.72. The Morgan fingerprint density at radius 1 is 1.45 bits per heavy atom. The van der Waals surface area contributed by atoms with E-state index in [1.807, 2.05) is 39.2 Å². The molecule has 118 valence electrons. The van der Waals surface area contributed by atoms with Crippen molar-refractivity contribution in [3.8, 4) is 5.75 Å². The van der Waals surface area contributed by atoms with Crippen molar-refractivity contribution in [2.24, 2.45) is 7.05 Å². The summed E-state index contributed by atoms with van der Waals surface area (Å²) < 4.78 is 1.74. The van der Waals surface area contributed by atoms with Gasteiger partial charge < -0.3 is 15.3 Å². The van der Waals surface area contributed by atoms with E-state index < -0.39 is 0 Å². The third kappa shape index (κ3) is 3.65. The highest BCUT2D eigenvalue weighted by molar-refractivity contribution is 5.96. The number of aromatic hydroxyl groups is 1. The number of likely N-dealkylation sites (N-methyl/N-ethyl adjacent to an activating group) is 1. The molecule has 0 fully saturated rings. The van der Waals surface area contributed by atoms with E-state index >= 15 is 0 Å². The first-order valence-corrected chi connectivity index (χ1v) is 7.11. The normalized spacial score (nSPS) is 12.4. The van der Waals surface area contributed by atoms with Crippen LogP contribution >= 0.6 is 0 Å². The predicted molar refractivity (Wildman–Crippen MR) is 84.8 cm³/mol. The molecule has 6 nitrogen and oxygen atoms in total. The summed E-state index contributed by atoms with van der Waals surface area (Å²) in [6, 6.07) is 5.04. The maximum Gasteiger partial charge on any atom is 0.255 e. The molecule has 2 N–H and O–H groups in total. The van der Waals surface area contributed by atoms with Crippen LogP contribution in [0.5, 0.6) is 5.75 Å². The molecule has 2 aromatic rings. The van der Waals surface area contributed by atoms with Crippen LogP contribution in [0.1, 0.15) is 27.5 Å². The second kappa shape index (κ2) is 6.62. The summed E-state index contributed by atoms with van der Waals surface area (Å²) in [4.78, 5) is 14.3. The Bertz CT molecular complexity index is 664. The number of hydrogen-bond acceptors (Lipinski definition) is 4. The number of nitrogens with one attached hydrogen (secondary N) is 1. The Morgan fingerprint density at radius 3 is 2.73 bits per heavy atom. The van der Waals surface area contributed by atoms with Crippen LogP contribution in [0.3, 0.4) is 0 Å². The summed E-state index contributed by atoms with van der Waals surface area (Å²) in [5.74, 6) is -0.284. The van der Waals surface area contributed by atoms with Crippen molar-refractivity contribution in [2.75, 3.05) is 20.6 Å². The molecule has 0 spiro atoms. The number of phenolic OH excluding ortho intramolecular Hbond substituents is 1. The van der Waals surface area contributed by atoms with Gasteiger partial charge in [-0.3, -0.25) is 9.48 Å². The highest BCUT2D eigenvalue weighted by atomic mass is 16.3. The van der Waals surface area contributed by atoms with Crippen molar-refractivity contribution < 1.29 is 9.90 Å². The van der Waals surface area contributed by atoms with E-state index in [2.05, 4.69) is 10.4 Å². The number of phenols is 1. The van der Waals surface area contributed by atoms with E-state index in [9.17, 15) is 9.90 Å². The lowest BCUT2D eigenvalue weighted by molar-refractivity contribution is 0.0939. The second-order valence-corrected chi connectivity index (χ2v) is 5.66. The van der Waals surface area contributed by atoms with Gasteiger partial charge in [0.1, 0.15) is 5.75 Å². The Kier molecular flexibility index (Phi) is 4.82. The zero-order valence-electron chi connectivity index (χ0n) is 13.4. The summed E-state index contributed by atoms with van der Waals surface area (Å²) in [6.45, 7) is 2.30. The topological polar surface area (TPSA) is 70.4 Å². The number of nitrogens with zero attached hydrogens (tertiary/aromatic N) is 3.